The van der Waals surface area contributed by atoms with E-state index in [2.05, 4.69) is 4.98 Å². The van der Waals surface area contributed by atoms with Gasteiger partial charge in [-0.15, -0.1) is 0 Å². The van der Waals surface area contributed by atoms with Gasteiger partial charge in [0.1, 0.15) is 6.07 Å². The molecule has 64 valence electrons. The first-order valence-electron chi connectivity index (χ1n) is 3.42. The fourth-order valence-electron chi connectivity index (χ4n) is 0.896. The summed E-state index contributed by atoms with van der Waals surface area (Å²) in [4.78, 5) is 3.42. The monoisotopic (exact) mass is 171 g/mol. The van der Waals surface area contributed by atoms with Crippen molar-refractivity contribution in [1.82, 2.24) is 9.55 Å². The number of hydrogen-bond acceptors (Lipinski definition) is 2. The molecule has 0 amide bonds. The highest BCUT2D eigenvalue weighted by Crippen LogP contribution is 2.24. The zero-order valence-electron chi connectivity index (χ0n) is 6.46. The summed E-state index contributed by atoms with van der Waals surface area (Å²) in [7, 11) is 0. The van der Waals surface area contributed by atoms with Gasteiger partial charge in [0.05, 0.1) is 0 Å². The molecule has 0 fully saturated rings. The van der Waals surface area contributed by atoms with Crippen LogP contribution in [0.5, 0.6) is 0 Å². The number of hydrogen-bond donors (Lipinski definition) is 0. The molecule has 3 nitrogen and oxygen atoms in total. The number of imidazole rings is 1. The summed E-state index contributed by atoms with van der Waals surface area (Å²) in [6.45, 7) is 2.09. The Balaban J connectivity index is 3.11. The number of rotatable bonds is 2. The van der Waals surface area contributed by atoms with Crippen molar-refractivity contribution in [2.75, 3.05) is 0 Å². The molecule has 0 aliphatic carbocycles. The Kier molecular flexibility index (Phi) is 2.09. The van der Waals surface area contributed by atoms with Gasteiger partial charge in [-0.1, -0.05) is 0 Å². The van der Waals surface area contributed by atoms with Crippen LogP contribution in [-0.4, -0.2) is 9.55 Å². The maximum atomic E-state index is 12.7. The molecule has 0 unspecified atom stereocenters. The van der Waals surface area contributed by atoms with Crippen LogP contribution in [0.25, 0.3) is 0 Å². The van der Waals surface area contributed by atoms with E-state index in [1.165, 1.54) is 17.0 Å². The standard InChI is InChI=1S/C7H7F2N3/c1-2-12-4-3-11-6(12)7(8,9)5-10/h3-4H,2H2,1H3. The lowest BCUT2D eigenvalue weighted by molar-refractivity contribution is 0.0472. The van der Waals surface area contributed by atoms with E-state index in [0.29, 0.717) is 6.54 Å². The van der Waals surface area contributed by atoms with Crippen LogP contribution in [0, 0.1) is 11.3 Å². The predicted octanol–water partition coefficient (Wildman–Crippen LogP) is 1.52. The maximum Gasteiger partial charge on any atom is 0.388 e. The Morgan fingerprint density at radius 3 is 2.92 bits per heavy atom. The molecular formula is C7H7F2N3. The van der Waals surface area contributed by atoms with Gasteiger partial charge in [0.15, 0.2) is 5.82 Å². The van der Waals surface area contributed by atoms with Crippen LogP contribution in [0.3, 0.4) is 0 Å². The van der Waals surface area contributed by atoms with Gasteiger partial charge in [-0.3, -0.25) is 0 Å². The summed E-state index contributed by atoms with van der Waals surface area (Å²) in [6, 6.07) is 0.902. The Bertz CT molecular complexity index is 311. The van der Waals surface area contributed by atoms with Crippen molar-refractivity contribution in [1.29, 1.82) is 5.26 Å². The fraction of sp³-hybridized carbons (Fsp3) is 0.429. The minimum Gasteiger partial charge on any atom is -0.329 e. The fourth-order valence-corrected chi connectivity index (χ4v) is 0.896. The zero-order chi connectivity index (χ0) is 9.19. The quantitative estimate of drug-likeness (QED) is 0.676. The lowest BCUT2D eigenvalue weighted by Crippen LogP contribution is -2.17. The molecule has 0 N–H and O–H groups in total. The van der Waals surface area contributed by atoms with Crippen molar-refractivity contribution in [3.8, 4) is 6.07 Å². The summed E-state index contributed by atoms with van der Waals surface area (Å²) in [6.07, 6.45) is 2.67. The maximum absolute atomic E-state index is 12.7. The first-order valence-corrected chi connectivity index (χ1v) is 3.42. The van der Waals surface area contributed by atoms with Crippen molar-refractivity contribution in [3.63, 3.8) is 0 Å². The minimum absolute atomic E-state index is 0.382. The van der Waals surface area contributed by atoms with Crippen molar-refractivity contribution < 1.29 is 8.78 Å². The van der Waals surface area contributed by atoms with Crippen molar-refractivity contribution >= 4 is 0 Å². The van der Waals surface area contributed by atoms with Crippen molar-refractivity contribution in [2.45, 2.75) is 19.4 Å². The Morgan fingerprint density at radius 2 is 2.42 bits per heavy atom. The molecule has 0 bridgehead atoms. The summed E-state index contributed by atoms with van der Waals surface area (Å²) in [5, 5.41) is 8.13. The first-order chi connectivity index (χ1) is 5.61. The average molecular weight is 171 g/mol. The van der Waals surface area contributed by atoms with E-state index in [4.69, 9.17) is 5.26 Å². The molecule has 1 rings (SSSR count). The van der Waals surface area contributed by atoms with Gasteiger partial charge < -0.3 is 4.57 Å². The SMILES string of the molecule is CCn1ccnc1C(F)(F)C#N. The van der Waals surface area contributed by atoms with E-state index < -0.39 is 11.7 Å². The molecule has 0 aliphatic heterocycles. The lowest BCUT2D eigenvalue weighted by atomic mass is 10.3. The van der Waals surface area contributed by atoms with Gasteiger partial charge in [-0.25, -0.2) is 4.98 Å². The third-order valence-electron chi connectivity index (χ3n) is 1.48. The van der Waals surface area contributed by atoms with E-state index >= 15 is 0 Å². The van der Waals surface area contributed by atoms with Crippen molar-refractivity contribution in [2.24, 2.45) is 0 Å². The number of nitriles is 1. The molecule has 1 aromatic heterocycles. The smallest absolute Gasteiger partial charge is 0.329 e. The van der Waals surface area contributed by atoms with Gasteiger partial charge in [0.2, 0.25) is 0 Å². The Labute approximate surface area is 68.3 Å². The molecule has 0 aliphatic rings. The second-order valence-electron chi connectivity index (χ2n) is 2.22. The van der Waals surface area contributed by atoms with Gasteiger partial charge >= 0.3 is 5.92 Å². The molecule has 0 atom stereocenters. The van der Waals surface area contributed by atoms with Crippen LogP contribution in [0.15, 0.2) is 12.4 Å². The summed E-state index contributed by atoms with van der Waals surface area (Å²) < 4.78 is 26.7. The second-order valence-corrected chi connectivity index (χ2v) is 2.22. The van der Waals surface area contributed by atoms with E-state index in [1.807, 2.05) is 0 Å². The number of aromatic nitrogens is 2. The average Bonchev–Trinajstić information content (AvgIpc) is 2.52. The minimum atomic E-state index is -3.49. The topological polar surface area (TPSA) is 41.6 Å². The number of halogens is 2. The molecule has 5 heteroatoms. The molecule has 0 aromatic carbocycles. The van der Waals surface area contributed by atoms with Crippen LogP contribution in [0.4, 0.5) is 8.78 Å². The zero-order valence-corrected chi connectivity index (χ0v) is 6.46. The van der Waals surface area contributed by atoms with Crippen molar-refractivity contribution in [3.05, 3.63) is 18.2 Å². The molecule has 0 saturated heterocycles. The summed E-state index contributed by atoms with van der Waals surface area (Å²) in [5.74, 6) is -3.98. The highest BCUT2D eigenvalue weighted by atomic mass is 19.3. The van der Waals surface area contributed by atoms with E-state index in [1.54, 1.807) is 6.92 Å². The normalized spacial score (nSPS) is 11.2. The molecule has 0 spiro atoms. The predicted molar refractivity (Wildman–Crippen MR) is 37.4 cm³/mol. The highest BCUT2D eigenvalue weighted by Gasteiger charge is 2.35. The summed E-state index contributed by atoms with van der Waals surface area (Å²) >= 11 is 0. The lowest BCUT2D eigenvalue weighted by Gasteiger charge is -2.08. The number of nitrogens with zero attached hydrogens (tertiary/aromatic N) is 3. The van der Waals surface area contributed by atoms with E-state index in [-0.39, 0.29) is 0 Å². The van der Waals surface area contributed by atoms with Gasteiger partial charge in [-0.2, -0.15) is 14.0 Å². The van der Waals surface area contributed by atoms with Gasteiger partial charge in [0, 0.05) is 18.9 Å². The highest BCUT2D eigenvalue weighted by molar-refractivity contribution is 5.10. The van der Waals surface area contributed by atoms with Gasteiger partial charge in [-0.05, 0) is 6.92 Å². The Hall–Kier alpha value is -1.44. The van der Waals surface area contributed by atoms with Crippen LogP contribution in [0.2, 0.25) is 0 Å². The third kappa shape index (κ3) is 1.28. The second kappa shape index (κ2) is 2.89. The van der Waals surface area contributed by atoms with E-state index in [9.17, 15) is 8.78 Å². The third-order valence-corrected chi connectivity index (χ3v) is 1.48. The van der Waals surface area contributed by atoms with Crippen LogP contribution < -0.4 is 0 Å². The number of aryl methyl sites for hydroxylation is 1. The van der Waals surface area contributed by atoms with Crippen LogP contribution in [-0.2, 0) is 12.5 Å². The van der Waals surface area contributed by atoms with Crippen LogP contribution >= 0.6 is 0 Å². The number of alkyl halides is 2. The summed E-state index contributed by atoms with van der Waals surface area (Å²) in [5.41, 5.74) is 0. The first kappa shape index (κ1) is 8.65. The molecular weight excluding hydrogens is 164 g/mol. The van der Waals surface area contributed by atoms with E-state index in [0.717, 1.165) is 6.07 Å². The molecule has 12 heavy (non-hydrogen) atoms. The van der Waals surface area contributed by atoms with Crippen LogP contribution in [0.1, 0.15) is 12.7 Å². The molecule has 1 heterocycles. The molecule has 0 radical (unpaired) electrons. The molecule has 0 saturated carbocycles. The Morgan fingerprint density at radius 1 is 1.75 bits per heavy atom. The van der Waals surface area contributed by atoms with Gasteiger partial charge in [0.25, 0.3) is 0 Å². The molecule has 1 aromatic rings. The largest absolute Gasteiger partial charge is 0.388 e.